The molecule has 6 heteroatoms. The SMILES string of the molecule is CC(C)(C)c1ccc(-n2cc(CCc3ccccc3)c3cc(CCC(=O)OCC(N)(CO)CO)ccc32)cc1. The Kier molecular flexibility index (Phi) is 8.90. The number of esters is 1. The molecule has 1 heterocycles. The van der Waals surface area contributed by atoms with Gasteiger partial charge in [-0.25, -0.2) is 0 Å². The van der Waals surface area contributed by atoms with Crippen molar-refractivity contribution in [3.8, 4) is 5.69 Å². The smallest absolute Gasteiger partial charge is 0.306 e. The lowest BCUT2D eigenvalue weighted by Gasteiger charge is -2.23. The molecular formula is C33H40N2O4. The van der Waals surface area contributed by atoms with Gasteiger partial charge in [0.1, 0.15) is 6.61 Å². The van der Waals surface area contributed by atoms with Crippen molar-refractivity contribution in [1.29, 1.82) is 0 Å². The molecule has 0 bridgehead atoms. The Morgan fingerprint density at radius 3 is 2.21 bits per heavy atom. The molecule has 0 atom stereocenters. The number of nitrogens with two attached hydrogens (primary N) is 1. The summed E-state index contributed by atoms with van der Waals surface area (Å²) < 4.78 is 7.47. The minimum absolute atomic E-state index is 0.0933. The van der Waals surface area contributed by atoms with E-state index in [1.165, 1.54) is 22.1 Å². The summed E-state index contributed by atoms with van der Waals surface area (Å²) in [5.41, 5.74) is 11.7. The summed E-state index contributed by atoms with van der Waals surface area (Å²) in [6, 6.07) is 25.6. The van der Waals surface area contributed by atoms with Gasteiger partial charge in [0.05, 0.1) is 24.3 Å². The van der Waals surface area contributed by atoms with Crippen LogP contribution in [0.1, 0.15) is 49.4 Å². The molecule has 1 aromatic heterocycles. The molecule has 0 amide bonds. The molecule has 0 aliphatic carbocycles. The Morgan fingerprint density at radius 1 is 0.872 bits per heavy atom. The molecular weight excluding hydrogens is 488 g/mol. The predicted octanol–water partition coefficient (Wildman–Crippen LogP) is 4.87. The van der Waals surface area contributed by atoms with E-state index in [0.29, 0.717) is 6.42 Å². The average molecular weight is 529 g/mol. The highest BCUT2D eigenvalue weighted by Gasteiger charge is 2.25. The molecule has 39 heavy (non-hydrogen) atoms. The van der Waals surface area contributed by atoms with Gasteiger partial charge in [-0.2, -0.15) is 0 Å². The second-order valence-electron chi connectivity index (χ2n) is 11.5. The first-order valence-corrected chi connectivity index (χ1v) is 13.6. The van der Waals surface area contributed by atoms with Crippen molar-refractivity contribution in [3.63, 3.8) is 0 Å². The number of hydrogen-bond acceptors (Lipinski definition) is 5. The highest BCUT2D eigenvalue weighted by Crippen LogP contribution is 2.29. The van der Waals surface area contributed by atoms with Crippen LogP contribution in [0.2, 0.25) is 0 Å². The number of carbonyl (C=O) groups is 1. The number of ether oxygens (including phenoxy) is 1. The maximum atomic E-state index is 12.3. The second kappa shape index (κ2) is 12.2. The summed E-state index contributed by atoms with van der Waals surface area (Å²) in [5, 5.41) is 19.8. The number of fused-ring (bicyclic) bond motifs is 1. The standard InChI is InChI=1S/C33H40N2O4/c1-32(2,3)27-13-15-28(16-14-27)35-20-26(12-9-24-7-5-4-6-8-24)29-19-25(10-17-30(29)35)11-18-31(38)39-23-33(34,21-36)22-37/h4-8,10,13-17,19-20,36-37H,9,11-12,18,21-23,34H2,1-3H3. The fourth-order valence-electron chi connectivity index (χ4n) is 4.64. The van der Waals surface area contributed by atoms with Crippen LogP contribution >= 0.6 is 0 Å². The lowest BCUT2D eigenvalue weighted by molar-refractivity contribution is -0.146. The molecule has 4 aromatic rings. The van der Waals surface area contributed by atoms with E-state index in [1.807, 2.05) is 6.07 Å². The van der Waals surface area contributed by atoms with Crippen LogP contribution < -0.4 is 5.73 Å². The molecule has 0 fully saturated rings. The zero-order chi connectivity index (χ0) is 28.0. The summed E-state index contributed by atoms with van der Waals surface area (Å²) in [5.74, 6) is -0.410. The van der Waals surface area contributed by atoms with E-state index in [0.717, 1.165) is 29.6 Å². The Hall–Kier alpha value is -3.45. The summed E-state index contributed by atoms with van der Waals surface area (Å²) in [4.78, 5) is 12.3. The van der Waals surface area contributed by atoms with Crippen LogP contribution in [0.25, 0.3) is 16.6 Å². The average Bonchev–Trinajstić information content (AvgIpc) is 3.31. The van der Waals surface area contributed by atoms with Gasteiger partial charge in [-0.1, -0.05) is 69.3 Å². The lowest BCUT2D eigenvalue weighted by atomic mass is 9.87. The third kappa shape index (κ3) is 7.15. The number of nitrogens with zero attached hydrogens (tertiary/aromatic N) is 1. The number of carbonyl (C=O) groups excluding carboxylic acids is 1. The molecule has 0 aliphatic rings. The number of aliphatic hydroxyl groups excluding tert-OH is 2. The quantitative estimate of drug-likeness (QED) is 0.241. The number of benzene rings is 3. The van der Waals surface area contributed by atoms with E-state index >= 15 is 0 Å². The van der Waals surface area contributed by atoms with Crippen LogP contribution in [0.4, 0.5) is 0 Å². The van der Waals surface area contributed by atoms with E-state index in [9.17, 15) is 15.0 Å². The van der Waals surface area contributed by atoms with Gasteiger partial charge in [0.25, 0.3) is 0 Å². The summed E-state index contributed by atoms with van der Waals surface area (Å²) in [7, 11) is 0. The number of aromatic nitrogens is 1. The molecule has 0 unspecified atom stereocenters. The van der Waals surface area contributed by atoms with Crippen LogP contribution in [-0.4, -0.2) is 46.1 Å². The first-order valence-electron chi connectivity index (χ1n) is 13.6. The van der Waals surface area contributed by atoms with Crippen molar-refractivity contribution in [2.75, 3.05) is 19.8 Å². The topological polar surface area (TPSA) is 97.7 Å². The minimum Gasteiger partial charge on any atom is -0.464 e. The maximum Gasteiger partial charge on any atom is 0.306 e. The van der Waals surface area contributed by atoms with Crippen molar-refractivity contribution in [2.24, 2.45) is 5.73 Å². The largest absolute Gasteiger partial charge is 0.464 e. The summed E-state index contributed by atoms with van der Waals surface area (Å²) in [6.45, 7) is 5.51. The molecule has 6 nitrogen and oxygen atoms in total. The van der Waals surface area contributed by atoms with Gasteiger partial charge in [-0.3, -0.25) is 4.79 Å². The molecule has 3 aromatic carbocycles. The second-order valence-corrected chi connectivity index (χ2v) is 11.5. The Balaban J connectivity index is 1.58. The highest BCUT2D eigenvalue weighted by atomic mass is 16.5. The van der Waals surface area contributed by atoms with Gasteiger partial charge in [-0.05, 0) is 71.2 Å². The fraction of sp³-hybridized carbons (Fsp3) is 0.364. The van der Waals surface area contributed by atoms with Crippen LogP contribution in [0, 0.1) is 0 Å². The molecule has 0 saturated heterocycles. The van der Waals surface area contributed by atoms with E-state index in [2.05, 4.69) is 98.3 Å². The molecule has 4 N–H and O–H groups in total. The van der Waals surface area contributed by atoms with Crippen molar-refractivity contribution in [2.45, 2.75) is 57.4 Å². The molecule has 4 rings (SSSR count). The van der Waals surface area contributed by atoms with Crippen molar-refractivity contribution in [3.05, 3.63) is 101 Å². The summed E-state index contributed by atoms with van der Waals surface area (Å²) >= 11 is 0. The number of hydrogen-bond donors (Lipinski definition) is 3. The van der Waals surface area contributed by atoms with Crippen molar-refractivity contribution >= 4 is 16.9 Å². The van der Waals surface area contributed by atoms with Gasteiger partial charge in [0, 0.05) is 23.7 Å². The highest BCUT2D eigenvalue weighted by molar-refractivity contribution is 5.86. The zero-order valence-corrected chi connectivity index (χ0v) is 23.2. The van der Waals surface area contributed by atoms with Crippen molar-refractivity contribution in [1.82, 2.24) is 4.57 Å². The monoisotopic (exact) mass is 528 g/mol. The van der Waals surface area contributed by atoms with E-state index < -0.39 is 24.7 Å². The number of rotatable bonds is 11. The molecule has 0 radical (unpaired) electrons. The third-order valence-electron chi connectivity index (χ3n) is 7.26. The van der Waals surface area contributed by atoms with Gasteiger partial charge in [0.2, 0.25) is 0 Å². The number of aliphatic hydroxyl groups is 2. The lowest BCUT2D eigenvalue weighted by Crippen LogP contribution is -2.51. The minimum atomic E-state index is -1.32. The fourth-order valence-corrected chi connectivity index (χ4v) is 4.64. The van der Waals surface area contributed by atoms with Gasteiger partial charge in [0.15, 0.2) is 0 Å². The van der Waals surface area contributed by atoms with E-state index in [4.69, 9.17) is 10.5 Å². The van der Waals surface area contributed by atoms with E-state index in [-0.39, 0.29) is 18.4 Å². The Bertz CT molecular complexity index is 1380. The molecule has 0 spiro atoms. The normalized spacial score (nSPS) is 12.2. The molecule has 0 saturated carbocycles. The van der Waals surface area contributed by atoms with Gasteiger partial charge >= 0.3 is 5.97 Å². The van der Waals surface area contributed by atoms with Gasteiger partial charge in [-0.15, -0.1) is 0 Å². The van der Waals surface area contributed by atoms with Crippen LogP contribution in [0.3, 0.4) is 0 Å². The third-order valence-corrected chi connectivity index (χ3v) is 7.26. The van der Waals surface area contributed by atoms with Crippen LogP contribution in [-0.2, 0) is 34.2 Å². The van der Waals surface area contributed by atoms with Crippen LogP contribution in [0.15, 0.2) is 79.0 Å². The van der Waals surface area contributed by atoms with Gasteiger partial charge < -0.3 is 25.3 Å². The van der Waals surface area contributed by atoms with Crippen LogP contribution in [0.5, 0.6) is 0 Å². The molecule has 206 valence electrons. The first kappa shape index (κ1) is 28.6. The van der Waals surface area contributed by atoms with Crippen molar-refractivity contribution < 1.29 is 19.7 Å². The predicted molar refractivity (Wildman–Crippen MR) is 156 cm³/mol. The van der Waals surface area contributed by atoms with E-state index in [1.54, 1.807) is 0 Å². The zero-order valence-electron chi connectivity index (χ0n) is 23.2. The Labute approximate surface area is 231 Å². The Morgan fingerprint density at radius 2 is 1.56 bits per heavy atom. The summed E-state index contributed by atoms with van der Waals surface area (Å²) in [6.07, 6.45) is 4.79. The molecule has 0 aliphatic heterocycles. The number of aryl methyl sites for hydroxylation is 3. The maximum absolute atomic E-state index is 12.3. The first-order chi connectivity index (χ1) is 18.6.